The van der Waals surface area contributed by atoms with Gasteiger partial charge in [-0.15, -0.1) is 0 Å². The number of methoxy groups -OCH3 is 1. The molecule has 5 rings (SSSR count). The number of phenols is 2. The SMILES string of the molecule is COc1cccc2c1C(=O)c1c(O)c3c(c(O)c1C2=O)C[C@@](O)(C(=O)CO)C[C@@H]3OC1CC(NON)C(O)C(C)O1. The number of aliphatic hydroxyl groups excluding tert-OH is 2. The van der Waals surface area contributed by atoms with Gasteiger partial charge in [-0.05, 0) is 13.0 Å². The predicted octanol–water partition coefficient (Wildman–Crippen LogP) is -0.562. The summed E-state index contributed by atoms with van der Waals surface area (Å²) in [6.45, 7) is 0.518. The van der Waals surface area contributed by atoms with Gasteiger partial charge in [-0.3, -0.25) is 14.4 Å². The smallest absolute Gasteiger partial charge is 0.202 e. The Bertz CT molecular complexity index is 1430. The lowest BCUT2D eigenvalue weighted by Gasteiger charge is -2.42. The predicted molar refractivity (Wildman–Crippen MR) is 136 cm³/mol. The van der Waals surface area contributed by atoms with Crippen molar-refractivity contribution in [3.8, 4) is 17.2 Å². The molecule has 14 heteroatoms. The number of nitrogens with two attached hydrogens (primary N) is 1. The van der Waals surface area contributed by atoms with Crippen LogP contribution in [0.5, 0.6) is 17.2 Å². The van der Waals surface area contributed by atoms with Crippen LogP contribution in [0.4, 0.5) is 0 Å². The second-order valence-corrected chi connectivity index (χ2v) is 10.3. The number of hydrogen-bond donors (Lipinski definition) is 7. The highest BCUT2D eigenvalue weighted by atomic mass is 16.8. The van der Waals surface area contributed by atoms with Crippen LogP contribution in [0.15, 0.2) is 18.2 Å². The molecule has 0 radical (unpaired) electrons. The molecule has 0 spiro atoms. The largest absolute Gasteiger partial charge is 0.507 e. The van der Waals surface area contributed by atoms with Gasteiger partial charge in [-0.2, -0.15) is 11.4 Å². The minimum Gasteiger partial charge on any atom is -0.507 e. The molecule has 3 aliphatic rings. The minimum atomic E-state index is -2.27. The molecule has 0 bridgehead atoms. The molecule has 41 heavy (non-hydrogen) atoms. The van der Waals surface area contributed by atoms with E-state index in [4.69, 9.17) is 20.1 Å². The van der Waals surface area contributed by atoms with Crippen molar-refractivity contribution < 1.29 is 59.1 Å². The summed E-state index contributed by atoms with van der Waals surface area (Å²) in [7, 11) is 1.32. The Balaban J connectivity index is 1.66. The van der Waals surface area contributed by atoms with Gasteiger partial charge in [0, 0.05) is 36.0 Å². The fourth-order valence-corrected chi connectivity index (χ4v) is 5.92. The molecule has 2 aromatic carbocycles. The molecule has 1 saturated heterocycles. The van der Waals surface area contributed by atoms with Gasteiger partial charge >= 0.3 is 0 Å². The van der Waals surface area contributed by atoms with Crippen molar-refractivity contribution in [3.05, 3.63) is 51.6 Å². The van der Waals surface area contributed by atoms with Crippen molar-refractivity contribution in [2.45, 2.75) is 62.4 Å². The maximum atomic E-state index is 13.7. The third-order valence-corrected chi connectivity index (χ3v) is 7.98. The molecule has 0 amide bonds. The van der Waals surface area contributed by atoms with E-state index < -0.39 is 95.7 Å². The standard InChI is InChI=1S/C27H30N2O12/c1-10-22(32)13(29-41-28)6-17(39-10)40-15-8-27(37,16(31)9-30)7-12-19(15)26(36)21-20(24(12)34)23(33)11-4-3-5-14(38-2)18(11)25(21)35/h3-5,10,13,15,17,22,29-30,32,34,36-37H,6-9,28H2,1-2H3/t10?,13?,15-,17?,22?,27-/m0/s1. The van der Waals surface area contributed by atoms with Gasteiger partial charge in [0.15, 0.2) is 17.9 Å². The van der Waals surface area contributed by atoms with Crippen molar-refractivity contribution >= 4 is 17.3 Å². The molecule has 1 fully saturated rings. The number of ketones is 3. The van der Waals surface area contributed by atoms with Gasteiger partial charge in [0.05, 0.1) is 48.2 Å². The number of hydrogen-bond acceptors (Lipinski definition) is 14. The zero-order valence-electron chi connectivity index (χ0n) is 22.1. The third-order valence-electron chi connectivity index (χ3n) is 7.98. The Hall–Kier alpha value is -3.47. The number of benzene rings is 2. The van der Waals surface area contributed by atoms with Crippen LogP contribution < -0.4 is 16.1 Å². The highest BCUT2D eigenvalue weighted by Gasteiger charge is 2.50. The van der Waals surface area contributed by atoms with Crippen LogP contribution in [0.2, 0.25) is 0 Å². The number of carbonyl (C=O) groups is 3. The second-order valence-electron chi connectivity index (χ2n) is 10.3. The number of hydroxylamine groups is 1. The molecule has 0 aromatic heterocycles. The van der Waals surface area contributed by atoms with Gasteiger partial charge in [-0.1, -0.05) is 12.1 Å². The van der Waals surface area contributed by atoms with E-state index >= 15 is 0 Å². The topological polar surface area (TPSA) is 227 Å². The first kappa shape index (κ1) is 29.0. The normalized spacial score (nSPS) is 29.0. The number of fused-ring (bicyclic) bond motifs is 3. The third kappa shape index (κ3) is 4.58. The molecule has 0 saturated carbocycles. The van der Waals surface area contributed by atoms with Crippen molar-refractivity contribution in [2.75, 3.05) is 13.7 Å². The summed E-state index contributed by atoms with van der Waals surface area (Å²) in [5.74, 6) is 1.22. The zero-order valence-corrected chi connectivity index (χ0v) is 22.1. The molecule has 1 heterocycles. The number of aliphatic hydroxyl groups is 3. The maximum absolute atomic E-state index is 13.7. The van der Waals surface area contributed by atoms with Gasteiger partial charge in [0.1, 0.15) is 29.5 Å². The number of phenolic OH excluding ortho intramolecular Hbond substituents is 2. The van der Waals surface area contributed by atoms with Gasteiger partial charge in [-0.25, -0.2) is 4.94 Å². The number of aromatic hydroxyl groups is 2. The van der Waals surface area contributed by atoms with Crippen molar-refractivity contribution in [1.29, 1.82) is 0 Å². The van der Waals surface area contributed by atoms with Gasteiger partial charge in [0.2, 0.25) is 5.78 Å². The molecule has 4 unspecified atom stereocenters. The first-order chi connectivity index (χ1) is 19.5. The molecule has 220 valence electrons. The highest BCUT2D eigenvalue weighted by Crippen LogP contribution is 2.52. The van der Waals surface area contributed by atoms with Crippen molar-refractivity contribution in [3.63, 3.8) is 0 Å². The molecule has 8 N–H and O–H groups in total. The van der Waals surface area contributed by atoms with E-state index in [1.165, 1.54) is 25.3 Å². The van der Waals surface area contributed by atoms with E-state index in [-0.39, 0.29) is 34.4 Å². The summed E-state index contributed by atoms with van der Waals surface area (Å²) in [5, 5.41) is 54.2. The van der Waals surface area contributed by atoms with Gasteiger partial charge < -0.3 is 39.7 Å². The molecular weight excluding hydrogens is 544 g/mol. The van der Waals surface area contributed by atoms with Crippen LogP contribution in [-0.2, 0) is 25.6 Å². The lowest BCUT2D eigenvalue weighted by molar-refractivity contribution is -0.257. The zero-order chi connectivity index (χ0) is 29.8. The Morgan fingerprint density at radius 3 is 2.54 bits per heavy atom. The van der Waals surface area contributed by atoms with Crippen LogP contribution in [0.25, 0.3) is 0 Å². The second kappa shape index (κ2) is 10.7. The number of nitrogens with one attached hydrogen (secondary N) is 1. The van der Waals surface area contributed by atoms with E-state index in [2.05, 4.69) is 10.4 Å². The van der Waals surface area contributed by atoms with E-state index in [0.717, 1.165) is 0 Å². The van der Waals surface area contributed by atoms with E-state index in [1.807, 2.05) is 0 Å². The monoisotopic (exact) mass is 574 g/mol. The quantitative estimate of drug-likeness (QED) is 0.139. The summed E-state index contributed by atoms with van der Waals surface area (Å²) in [4.78, 5) is 44.4. The average molecular weight is 575 g/mol. The van der Waals surface area contributed by atoms with E-state index in [1.54, 1.807) is 6.92 Å². The highest BCUT2D eigenvalue weighted by molar-refractivity contribution is 6.31. The number of carbonyl (C=O) groups excluding carboxylic acids is 3. The van der Waals surface area contributed by atoms with Crippen LogP contribution in [0.3, 0.4) is 0 Å². The number of ether oxygens (including phenoxy) is 3. The van der Waals surface area contributed by atoms with E-state index in [9.17, 15) is 39.9 Å². The fraction of sp³-hybridized carbons (Fsp3) is 0.444. The molecule has 2 aliphatic carbocycles. The summed E-state index contributed by atoms with van der Waals surface area (Å²) >= 11 is 0. The molecule has 6 atom stereocenters. The lowest BCUT2D eigenvalue weighted by atomic mass is 9.72. The van der Waals surface area contributed by atoms with Crippen LogP contribution in [0.1, 0.15) is 68.8 Å². The van der Waals surface area contributed by atoms with Crippen LogP contribution in [0, 0.1) is 0 Å². The lowest BCUT2D eigenvalue weighted by Crippen LogP contribution is -2.55. The Morgan fingerprint density at radius 2 is 1.88 bits per heavy atom. The van der Waals surface area contributed by atoms with Crippen LogP contribution >= 0.6 is 0 Å². The Kier molecular flexibility index (Phi) is 7.61. The molecular formula is C27H30N2O12. The fourth-order valence-electron chi connectivity index (χ4n) is 5.92. The summed E-state index contributed by atoms with van der Waals surface area (Å²) < 4.78 is 17.1. The summed E-state index contributed by atoms with van der Waals surface area (Å²) in [6.07, 6.45) is -5.49. The minimum absolute atomic E-state index is 0.0411. The van der Waals surface area contributed by atoms with Crippen LogP contribution in [-0.4, -0.2) is 86.7 Å². The summed E-state index contributed by atoms with van der Waals surface area (Å²) in [6, 6.07) is 3.58. The van der Waals surface area contributed by atoms with E-state index in [0.29, 0.717) is 0 Å². The first-order valence-corrected chi connectivity index (χ1v) is 12.8. The van der Waals surface area contributed by atoms with Gasteiger partial charge in [0.25, 0.3) is 0 Å². The molecule has 1 aliphatic heterocycles. The molecule has 14 nitrogen and oxygen atoms in total. The first-order valence-electron chi connectivity index (χ1n) is 12.8. The van der Waals surface area contributed by atoms with Crippen molar-refractivity contribution in [1.82, 2.24) is 5.48 Å². The van der Waals surface area contributed by atoms with Crippen molar-refractivity contribution in [2.24, 2.45) is 5.90 Å². The maximum Gasteiger partial charge on any atom is 0.202 e. The summed E-state index contributed by atoms with van der Waals surface area (Å²) in [5.41, 5.74) is -1.34. The average Bonchev–Trinajstić information content (AvgIpc) is 2.95. The number of Topliss-reactive ketones (excluding diaryl/α,β-unsaturated/α-hetero) is 1. The Labute approximate surface area is 233 Å². The Morgan fingerprint density at radius 1 is 1.17 bits per heavy atom. The number of rotatable bonds is 7. The molecule has 2 aromatic rings.